The third kappa shape index (κ3) is 5.83. The molecule has 0 bridgehead atoms. The van der Waals surface area contributed by atoms with Crippen LogP contribution in [-0.4, -0.2) is 31.0 Å². The van der Waals surface area contributed by atoms with Crippen LogP contribution in [-0.2, 0) is 4.79 Å². The van der Waals surface area contributed by atoms with Gasteiger partial charge < -0.3 is 10.1 Å². The highest BCUT2D eigenvalue weighted by atomic mass is 16.5. The maximum Gasteiger partial charge on any atom is 0.238 e. The van der Waals surface area contributed by atoms with Gasteiger partial charge in [-0.2, -0.15) is 0 Å². The first kappa shape index (κ1) is 23.0. The molecule has 1 unspecified atom stereocenters. The van der Waals surface area contributed by atoms with E-state index < -0.39 is 0 Å². The summed E-state index contributed by atoms with van der Waals surface area (Å²) >= 11 is 0. The number of carbonyl (C=O) groups is 1. The lowest BCUT2D eigenvalue weighted by molar-refractivity contribution is -0.117. The molecule has 0 radical (unpaired) electrons. The number of ether oxygens (including phenoxy) is 1. The van der Waals surface area contributed by atoms with Gasteiger partial charge in [-0.25, -0.2) is 0 Å². The van der Waals surface area contributed by atoms with Crippen molar-refractivity contribution in [3.8, 4) is 5.75 Å². The van der Waals surface area contributed by atoms with Crippen molar-refractivity contribution in [3.63, 3.8) is 0 Å². The fraction of sp³-hybridized carbons (Fsp3) is 0.480. The third-order valence-electron chi connectivity index (χ3n) is 5.51. The van der Waals surface area contributed by atoms with E-state index in [-0.39, 0.29) is 11.9 Å². The first-order valence-electron chi connectivity index (χ1n) is 10.6. The van der Waals surface area contributed by atoms with Gasteiger partial charge in [-0.05, 0) is 54.1 Å². The SMILES string of the molecule is CCN(CC(=O)Nc1c(C(C)C)cccc1C(C)C)C(C)c1cccc(OC)c1. The van der Waals surface area contributed by atoms with Crippen molar-refractivity contribution >= 4 is 11.6 Å². The van der Waals surface area contributed by atoms with E-state index >= 15 is 0 Å². The Kier molecular flexibility index (Phi) is 8.27. The second kappa shape index (κ2) is 10.4. The highest BCUT2D eigenvalue weighted by Crippen LogP contribution is 2.32. The Morgan fingerprint density at radius 1 is 1.00 bits per heavy atom. The number of anilines is 1. The first-order chi connectivity index (χ1) is 13.8. The van der Waals surface area contributed by atoms with Gasteiger partial charge in [-0.3, -0.25) is 9.69 Å². The summed E-state index contributed by atoms with van der Waals surface area (Å²) in [4.78, 5) is 15.2. The molecule has 0 aliphatic rings. The van der Waals surface area contributed by atoms with Crippen molar-refractivity contribution in [1.82, 2.24) is 4.90 Å². The Labute approximate surface area is 176 Å². The predicted octanol–water partition coefficient (Wildman–Crippen LogP) is 5.96. The summed E-state index contributed by atoms with van der Waals surface area (Å²) in [6, 6.07) is 14.5. The second-order valence-electron chi connectivity index (χ2n) is 8.18. The largest absolute Gasteiger partial charge is 0.497 e. The number of amides is 1. The van der Waals surface area contributed by atoms with E-state index in [0.29, 0.717) is 18.4 Å². The van der Waals surface area contributed by atoms with Gasteiger partial charge >= 0.3 is 0 Å². The molecule has 0 aromatic heterocycles. The maximum absolute atomic E-state index is 13.0. The van der Waals surface area contributed by atoms with Crippen molar-refractivity contribution in [3.05, 3.63) is 59.2 Å². The van der Waals surface area contributed by atoms with E-state index in [0.717, 1.165) is 23.5 Å². The molecule has 1 atom stereocenters. The molecule has 0 saturated carbocycles. The van der Waals surface area contributed by atoms with Crippen LogP contribution in [0.15, 0.2) is 42.5 Å². The van der Waals surface area contributed by atoms with E-state index in [4.69, 9.17) is 4.74 Å². The lowest BCUT2D eigenvalue weighted by Gasteiger charge is -2.28. The molecule has 1 amide bonds. The Morgan fingerprint density at radius 3 is 2.10 bits per heavy atom. The van der Waals surface area contributed by atoms with Gasteiger partial charge in [0.25, 0.3) is 0 Å². The van der Waals surface area contributed by atoms with Gasteiger partial charge in [0.15, 0.2) is 0 Å². The quantitative estimate of drug-likeness (QED) is 0.568. The number of para-hydroxylation sites is 1. The smallest absolute Gasteiger partial charge is 0.238 e. The van der Waals surface area contributed by atoms with E-state index in [9.17, 15) is 4.79 Å². The van der Waals surface area contributed by atoms with Gasteiger partial charge in [0, 0.05) is 11.7 Å². The molecule has 0 heterocycles. The average molecular weight is 397 g/mol. The van der Waals surface area contributed by atoms with E-state index in [1.807, 2.05) is 18.2 Å². The van der Waals surface area contributed by atoms with Crippen LogP contribution in [0.2, 0.25) is 0 Å². The number of carbonyl (C=O) groups excluding carboxylic acids is 1. The fourth-order valence-electron chi connectivity index (χ4n) is 3.69. The summed E-state index contributed by atoms with van der Waals surface area (Å²) in [5.41, 5.74) is 4.50. The molecule has 2 rings (SSSR count). The normalized spacial score (nSPS) is 12.5. The standard InChI is InChI=1S/C25H36N2O2/c1-8-27(19(6)20-11-9-12-21(15-20)29-7)16-24(28)26-25-22(17(2)3)13-10-14-23(25)18(4)5/h9-15,17-19H,8,16H2,1-7H3,(H,26,28). The van der Waals surface area contributed by atoms with Gasteiger partial charge in [0.2, 0.25) is 5.91 Å². The number of benzene rings is 2. The lowest BCUT2D eigenvalue weighted by atomic mass is 9.92. The summed E-state index contributed by atoms with van der Waals surface area (Å²) in [5.74, 6) is 1.56. The zero-order valence-electron chi connectivity index (χ0n) is 19.0. The lowest BCUT2D eigenvalue weighted by Crippen LogP contribution is -2.35. The van der Waals surface area contributed by atoms with Crippen molar-refractivity contribution in [1.29, 1.82) is 0 Å². The Morgan fingerprint density at radius 2 is 1.59 bits per heavy atom. The van der Waals surface area contributed by atoms with Crippen molar-refractivity contribution in [2.24, 2.45) is 0 Å². The van der Waals surface area contributed by atoms with Crippen LogP contribution in [0.1, 0.15) is 76.1 Å². The summed E-state index contributed by atoms with van der Waals surface area (Å²) in [5, 5.41) is 3.23. The molecule has 158 valence electrons. The summed E-state index contributed by atoms with van der Waals surface area (Å²) in [6.45, 7) is 14.0. The molecule has 0 saturated heterocycles. The molecule has 0 aliphatic carbocycles. The minimum atomic E-state index is 0.0246. The van der Waals surface area contributed by atoms with Crippen LogP contribution in [0.3, 0.4) is 0 Å². The molecular weight excluding hydrogens is 360 g/mol. The van der Waals surface area contributed by atoms with Gasteiger partial charge in [0.05, 0.1) is 13.7 Å². The zero-order valence-corrected chi connectivity index (χ0v) is 19.0. The minimum absolute atomic E-state index is 0.0246. The summed E-state index contributed by atoms with van der Waals surface area (Å²) in [7, 11) is 1.67. The zero-order chi connectivity index (χ0) is 21.6. The highest BCUT2D eigenvalue weighted by Gasteiger charge is 2.20. The number of methoxy groups -OCH3 is 1. The van der Waals surface area contributed by atoms with Crippen molar-refractivity contribution in [2.45, 2.75) is 59.4 Å². The predicted molar refractivity (Wildman–Crippen MR) is 122 cm³/mol. The third-order valence-corrected chi connectivity index (χ3v) is 5.51. The van der Waals surface area contributed by atoms with Gasteiger partial charge in [-0.1, -0.05) is 65.0 Å². The van der Waals surface area contributed by atoms with Crippen LogP contribution in [0.5, 0.6) is 5.75 Å². The highest BCUT2D eigenvalue weighted by molar-refractivity contribution is 5.94. The van der Waals surface area contributed by atoms with Gasteiger partial charge in [0.1, 0.15) is 5.75 Å². The molecule has 2 aromatic carbocycles. The minimum Gasteiger partial charge on any atom is -0.497 e. The molecule has 29 heavy (non-hydrogen) atoms. The summed E-state index contributed by atoms with van der Waals surface area (Å²) in [6.07, 6.45) is 0. The molecule has 0 aliphatic heterocycles. The van der Waals surface area contributed by atoms with Crippen LogP contribution in [0, 0.1) is 0 Å². The maximum atomic E-state index is 13.0. The number of nitrogens with one attached hydrogen (secondary N) is 1. The van der Waals surface area contributed by atoms with E-state index in [1.54, 1.807) is 7.11 Å². The number of hydrogen-bond donors (Lipinski definition) is 1. The van der Waals surface area contributed by atoms with E-state index in [1.165, 1.54) is 11.1 Å². The topological polar surface area (TPSA) is 41.6 Å². The first-order valence-corrected chi connectivity index (χ1v) is 10.6. The van der Waals surface area contributed by atoms with Crippen LogP contribution in [0.4, 0.5) is 5.69 Å². The molecular formula is C25H36N2O2. The molecule has 2 aromatic rings. The number of hydrogen-bond acceptors (Lipinski definition) is 3. The molecule has 4 nitrogen and oxygen atoms in total. The van der Waals surface area contributed by atoms with Crippen LogP contribution in [0.25, 0.3) is 0 Å². The Hall–Kier alpha value is -2.33. The van der Waals surface area contributed by atoms with Crippen molar-refractivity contribution < 1.29 is 9.53 Å². The van der Waals surface area contributed by atoms with Crippen LogP contribution < -0.4 is 10.1 Å². The fourth-order valence-corrected chi connectivity index (χ4v) is 3.69. The number of likely N-dealkylation sites (N-methyl/N-ethyl adjacent to an activating group) is 1. The number of rotatable bonds is 9. The monoisotopic (exact) mass is 396 g/mol. The van der Waals surface area contributed by atoms with Crippen LogP contribution >= 0.6 is 0 Å². The number of nitrogens with zero attached hydrogens (tertiary/aromatic N) is 1. The average Bonchev–Trinajstić information content (AvgIpc) is 2.71. The molecule has 0 fully saturated rings. The Bertz CT molecular complexity index is 788. The van der Waals surface area contributed by atoms with E-state index in [2.05, 4.69) is 76.0 Å². The molecule has 0 spiro atoms. The van der Waals surface area contributed by atoms with Crippen molar-refractivity contribution in [2.75, 3.05) is 25.5 Å². The Balaban J connectivity index is 2.20. The summed E-state index contributed by atoms with van der Waals surface area (Å²) < 4.78 is 5.35. The molecule has 4 heteroatoms. The second-order valence-corrected chi connectivity index (χ2v) is 8.18. The molecule has 1 N–H and O–H groups in total. The van der Waals surface area contributed by atoms with Gasteiger partial charge in [-0.15, -0.1) is 0 Å².